The van der Waals surface area contributed by atoms with Crippen LogP contribution >= 0.6 is 11.3 Å². The summed E-state index contributed by atoms with van der Waals surface area (Å²) in [5.41, 5.74) is 2.25. The van der Waals surface area contributed by atoms with Gasteiger partial charge in [0.2, 0.25) is 0 Å². The zero-order chi connectivity index (χ0) is 17.0. The molecule has 0 saturated heterocycles. The van der Waals surface area contributed by atoms with E-state index in [0.717, 1.165) is 18.5 Å². The molecule has 2 aromatic rings. The smallest absolute Gasteiger partial charge is 0.119 e. The molecule has 0 aliphatic rings. The predicted molar refractivity (Wildman–Crippen MR) is 101 cm³/mol. The van der Waals surface area contributed by atoms with Gasteiger partial charge in [0.15, 0.2) is 0 Å². The van der Waals surface area contributed by atoms with Crippen LogP contribution in [0.2, 0.25) is 0 Å². The number of phenols is 1. The summed E-state index contributed by atoms with van der Waals surface area (Å²) in [4.78, 5) is 3.85. The Balaban J connectivity index is 2.27. The highest BCUT2D eigenvalue weighted by Crippen LogP contribution is 2.37. The van der Waals surface area contributed by atoms with Gasteiger partial charge in [0.25, 0.3) is 0 Å². The highest BCUT2D eigenvalue weighted by Gasteiger charge is 2.22. The lowest BCUT2D eigenvalue weighted by atomic mass is 9.91. The van der Waals surface area contributed by atoms with Crippen LogP contribution in [-0.4, -0.2) is 28.6 Å². The van der Waals surface area contributed by atoms with Gasteiger partial charge in [-0.1, -0.05) is 23.8 Å². The number of aryl methyl sites for hydroxylation is 1. The van der Waals surface area contributed by atoms with Gasteiger partial charge in [0, 0.05) is 28.4 Å². The summed E-state index contributed by atoms with van der Waals surface area (Å²) < 4.78 is 0. The van der Waals surface area contributed by atoms with E-state index in [1.54, 1.807) is 11.3 Å². The molecule has 0 radical (unpaired) electrons. The first-order valence-corrected chi connectivity index (χ1v) is 9.36. The lowest BCUT2D eigenvalue weighted by molar-refractivity contribution is 0.170. The van der Waals surface area contributed by atoms with Crippen LogP contribution < -0.4 is 0 Å². The molecule has 1 aromatic carbocycles. The standard InChI is InChI=1S/C20H29NOS/c1-14(2)21(15(3)4)11-10-17(20-7-6-12-23-20)18-13-16(5)8-9-19(18)22/h6-9,12-15,17,22H,10-11H2,1-5H3/t17-/m0/s1. The second kappa shape index (κ2) is 7.98. The lowest BCUT2D eigenvalue weighted by Crippen LogP contribution is -2.38. The Kier molecular flexibility index (Phi) is 6.25. The van der Waals surface area contributed by atoms with Crippen molar-refractivity contribution in [3.63, 3.8) is 0 Å². The Labute approximate surface area is 144 Å². The van der Waals surface area contributed by atoms with Gasteiger partial charge in [-0.2, -0.15) is 0 Å². The quantitative estimate of drug-likeness (QED) is 0.734. The molecule has 2 rings (SSSR count). The van der Waals surface area contributed by atoms with Crippen molar-refractivity contribution in [1.29, 1.82) is 0 Å². The molecule has 2 nitrogen and oxygen atoms in total. The average Bonchev–Trinajstić information content (AvgIpc) is 2.99. The molecule has 0 aliphatic heterocycles. The number of nitrogens with zero attached hydrogens (tertiary/aromatic N) is 1. The summed E-state index contributed by atoms with van der Waals surface area (Å²) in [6.07, 6.45) is 1.02. The van der Waals surface area contributed by atoms with Crippen molar-refractivity contribution in [2.75, 3.05) is 6.54 Å². The second-order valence-corrected chi connectivity index (χ2v) is 7.82. The van der Waals surface area contributed by atoms with Gasteiger partial charge in [0.1, 0.15) is 5.75 Å². The minimum atomic E-state index is 0.259. The van der Waals surface area contributed by atoms with Crippen LogP contribution in [0.25, 0.3) is 0 Å². The highest BCUT2D eigenvalue weighted by molar-refractivity contribution is 7.10. The molecule has 1 aromatic heterocycles. The third-order valence-electron chi connectivity index (χ3n) is 4.45. The van der Waals surface area contributed by atoms with Gasteiger partial charge >= 0.3 is 0 Å². The van der Waals surface area contributed by atoms with Gasteiger partial charge < -0.3 is 5.11 Å². The van der Waals surface area contributed by atoms with Crippen LogP contribution in [-0.2, 0) is 0 Å². The number of phenolic OH excluding ortho intramolecular Hbond substituents is 1. The Morgan fingerprint density at radius 2 is 1.78 bits per heavy atom. The number of hydrogen-bond acceptors (Lipinski definition) is 3. The summed E-state index contributed by atoms with van der Waals surface area (Å²) in [5, 5.41) is 12.5. The van der Waals surface area contributed by atoms with Crippen LogP contribution in [0.5, 0.6) is 5.75 Å². The fraction of sp³-hybridized carbons (Fsp3) is 0.500. The van der Waals surface area contributed by atoms with Crippen molar-refractivity contribution in [1.82, 2.24) is 4.90 Å². The zero-order valence-electron chi connectivity index (χ0n) is 14.9. The zero-order valence-corrected chi connectivity index (χ0v) is 15.7. The minimum absolute atomic E-state index is 0.259. The van der Waals surface area contributed by atoms with Crippen molar-refractivity contribution >= 4 is 11.3 Å². The number of thiophene rings is 1. The summed E-state index contributed by atoms with van der Waals surface area (Å²) in [6.45, 7) is 12.1. The summed E-state index contributed by atoms with van der Waals surface area (Å²) in [6, 6.07) is 11.3. The molecule has 1 atom stereocenters. The van der Waals surface area contributed by atoms with Gasteiger partial charge in [-0.3, -0.25) is 4.90 Å². The SMILES string of the molecule is Cc1ccc(O)c([C@H](CCN(C(C)C)C(C)C)c2cccs2)c1. The van der Waals surface area contributed by atoms with Gasteiger partial charge in [-0.15, -0.1) is 11.3 Å². The molecule has 23 heavy (non-hydrogen) atoms. The first-order chi connectivity index (χ1) is 10.9. The third kappa shape index (κ3) is 4.58. The van der Waals surface area contributed by atoms with Gasteiger partial charge in [-0.05, 0) is 65.1 Å². The van der Waals surface area contributed by atoms with Crippen LogP contribution in [0.15, 0.2) is 35.7 Å². The molecule has 0 spiro atoms. The van der Waals surface area contributed by atoms with E-state index in [1.165, 1.54) is 10.4 Å². The van der Waals surface area contributed by atoms with Gasteiger partial charge in [0.05, 0.1) is 0 Å². The normalized spacial score (nSPS) is 13.2. The first kappa shape index (κ1) is 18.0. The van der Waals surface area contributed by atoms with E-state index in [0.29, 0.717) is 17.8 Å². The molecular formula is C20H29NOS. The summed E-state index contributed by atoms with van der Waals surface area (Å²) in [7, 11) is 0. The van der Waals surface area contributed by atoms with E-state index >= 15 is 0 Å². The van der Waals surface area contributed by atoms with E-state index in [-0.39, 0.29) is 5.92 Å². The predicted octanol–water partition coefficient (Wildman–Crippen LogP) is 5.40. The molecular weight excluding hydrogens is 302 g/mol. The van der Waals surface area contributed by atoms with Crippen molar-refractivity contribution in [2.45, 2.75) is 59.0 Å². The molecule has 1 N–H and O–H groups in total. The maximum Gasteiger partial charge on any atom is 0.119 e. The monoisotopic (exact) mass is 331 g/mol. The lowest BCUT2D eigenvalue weighted by Gasteiger charge is -2.32. The topological polar surface area (TPSA) is 23.5 Å². The Hall–Kier alpha value is -1.32. The van der Waals surface area contributed by atoms with E-state index in [4.69, 9.17) is 0 Å². The second-order valence-electron chi connectivity index (χ2n) is 6.84. The number of rotatable bonds is 7. The maximum atomic E-state index is 10.4. The molecule has 0 aliphatic carbocycles. The van der Waals surface area contributed by atoms with E-state index in [2.05, 4.69) is 63.1 Å². The van der Waals surface area contributed by atoms with Crippen molar-refractivity contribution in [3.8, 4) is 5.75 Å². The largest absolute Gasteiger partial charge is 0.508 e. The number of hydrogen-bond donors (Lipinski definition) is 1. The molecule has 0 unspecified atom stereocenters. The molecule has 3 heteroatoms. The fourth-order valence-electron chi connectivity index (χ4n) is 3.28. The average molecular weight is 332 g/mol. The third-order valence-corrected chi connectivity index (χ3v) is 5.43. The van der Waals surface area contributed by atoms with E-state index in [9.17, 15) is 5.11 Å². The van der Waals surface area contributed by atoms with Crippen molar-refractivity contribution in [2.24, 2.45) is 0 Å². The van der Waals surface area contributed by atoms with Crippen LogP contribution in [0.3, 0.4) is 0 Å². The number of aromatic hydroxyl groups is 1. The Morgan fingerprint density at radius 1 is 1.09 bits per heavy atom. The summed E-state index contributed by atoms with van der Waals surface area (Å²) in [5.74, 6) is 0.671. The van der Waals surface area contributed by atoms with E-state index in [1.807, 2.05) is 12.1 Å². The molecule has 1 heterocycles. The van der Waals surface area contributed by atoms with Gasteiger partial charge in [-0.25, -0.2) is 0 Å². The molecule has 0 amide bonds. The number of benzene rings is 1. The maximum absolute atomic E-state index is 10.4. The summed E-state index contributed by atoms with van der Waals surface area (Å²) >= 11 is 1.78. The Bertz CT molecular complexity index is 596. The van der Waals surface area contributed by atoms with E-state index < -0.39 is 0 Å². The molecule has 0 saturated carbocycles. The molecule has 0 bridgehead atoms. The minimum Gasteiger partial charge on any atom is -0.508 e. The first-order valence-electron chi connectivity index (χ1n) is 8.48. The van der Waals surface area contributed by atoms with Crippen LogP contribution in [0.4, 0.5) is 0 Å². The van der Waals surface area contributed by atoms with Crippen LogP contribution in [0, 0.1) is 6.92 Å². The Morgan fingerprint density at radius 3 is 2.35 bits per heavy atom. The highest BCUT2D eigenvalue weighted by atomic mass is 32.1. The van der Waals surface area contributed by atoms with Crippen molar-refractivity contribution in [3.05, 3.63) is 51.7 Å². The van der Waals surface area contributed by atoms with Crippen LogP contribution in [0.1, 0.15) is 56.0 Å². The molecule has 0 fully saturated rings. The van der Waals surface area contributed by atoms with Crippen molar-refractivity contribution < 1.29 is 5.11 Å². The molecule has 126 valence electrons. The fourth-order valence-corrected chi connectivity index (χ4v) is 4.16.